The lowest BCUT2D eigenvalue weighted by atomic mass is 9.96. The van der Waals surface area contributed by atoms with E-state index in [4.69, 9.17) is 17.3 Å². The molecule has 1 heterocycles. The van der Waals surface area contributed by atoms with E-state index in [1.54, 1.807) is 17.0 Å². The van der Waals surface area contributed by atoms with Crippen molar-refractivity contribution in [3.63, 3.8) is 0 Å². The van der Waals surface area contributed by atoms with Gasteiger partial charge in [0.25, 0.3) is 5.91 Å². The Balaban J connectivity index is 1.86. The Labute approximate surface area is 164 Å². The number of nitrogens with one attached hydrogen (secondary N) is 2. The maximum Gasteiger partial charge on any atom is 0.278 e. The fraction of sp³-hybridized carbons (Fsp3) is 0.526. The molecule has 1 aromatic rings. The van der Waals surface area contributed by atoms with Gasteiger partial charge in [0.15, 0.2) is 6.54 Å². The molecule has 0 atom stereocenters. The van der Waals surface area contributed by atoms with Crippen molar-refractivity contribution >= 4 is 35.0 Å². The number of carbonyl (C=O) groups excluding carboxylic acids is 3. The number of nitrogens with zero attached hydrogens (tertiary/aromatic N) is 1. The fourth-order valence-electron chi connectivity index (χ4n) is 3.28. The molecule has 4 N–H and O–H groups in total. The summed E-state index contributed by atoms with van der Waals surface area (Å²) in [5.74, 6) is -0.664. The molecule has 1 fully saturated rings. The van der Waals surface area contributed by atoms with Gasteiger partial charge in [-0.3, -0.25) is 14.4 Å². The van der Waals surface area contributed by atoms with Crippen LogP contribution in [-0.2, 0) is 14.4 Å². The average Bonchev–Trinajstić information content (AvgIpc) is 2.63. The first-order chi connectivity index (χ1) is 12.8. The first-order valence-electron chi connectivity index (χ1n) is 9.26. The Hall–Kier alpha value is -2.12. The number of hydrogen-bond donors (Lipinski definition) is 3. The third-order valence-corrected chi connectivity index (χ3v) is 5.27. The summed E-state index contributed by atoms with van der Waals surface area (Å²) in [4.78, 5) is 38.8. The van der Waals surface area contributed by atoms with E-state index in [-0.39, 0.29) is 30.2 Å². The maximum absolute atomic E-state index is 12.6. The second kappa shape index (κ2) is 9.71. The van der Waals surface area contributed by atoms with Crippen LogP contribution in [0.15, 0.2) is 18.2 Å². The van der Waals surface area contributed by atoms with Crippen molar-refractivity contribution in [2.24, 2.45) is 11.7 Å². The quantitative estimate of drug-likeness (QED) is 0.616. The average molecular weight is 396 g/mol. The number of primary amides is 1. The van der Waals surface area contributed by atoms with Crippen molar-refractivity contribution in [1.29, 1.82) is 0 Å². The van der Waals surface area contributed by atoms with E-state index in [0.29, 0.717) is 36.6 Å². The highest BCUT2D eigenvalue weighted by Gasteiger charge is 2.28. The molecule has 27 heavy (non-hydrogen) atoms. The third kappa shape index (κ3) is 6.22. The topological polar surface area (TPSA) is 96.9 Å². The summed E-state index contributed by atoms with van der Waals surface area (Å²) in [7, 11) is 0. The lowest BCUT2D eigenvalue weighted by Crippen LogP contribution is -3.14. The largest absolute Gasteiger partial charge is 0.369 e. The van der Waals surface area contributed by atoms with E-state index in [1.165, 1.54) is 0 Å². The van der Waals surface area contributed by atoms with Crippen molar-refractivity contribution in [1.82, 2.24) is 4.90 Å². The fourth-order valence-corrected chi connectivity index (χ4v) is 3.45. The summed E-state index contributed by atoms with van der Waals surface area (Å²) in [6.07, 6.45) is 1.41. The van der Waals surface area contributed by atoms with E-state index in [9.17, 15) is 14.4 Å². The highest BCUT2D eigenvalue weighted by molar-refractivity contribution is 6.31. The molecule has 7 nitrogen and oxygen atoms in total. The van der Waals surface area contributed by atoms with Gasteiger partial charge in [-0.25, -0.2) is 0 Å². The molecular formula is C19H28ClN4O3+. The Morgan fingerprint density at radius 1 is 1.30 bits per heavy atom. The molecule has 0 aliphatic carbocycles. The van der Waals surface area contributed by atoms with Gasteiger partial charge in [0.2, 0.25) is 11.8 Å². The predicted octanol–water partition coefficient (Wildman–Crippen LogP) is 0.216. The number of anilines is 1. The number of carbonyl (C=O) groups is 3. The number of likely N-dealkylation sites (N-methyl/N-ethyl adjacent to an activating group) is 1. The molecule has 8 heteroatoms. The van der Waals surface area contributed by atoms with E-state index in [2.05, 4.69) is 5.32 Å². The monoisotopic (exact) mass is 395 g/mol. The summed E-state index contributed by atoms with van der Waals surface area (Å²) in [5.41, 5.74) is 6.90. The lowest BCUT2D eigenvalue weighted by Gasteiger charge is -2.29. The molecule has 0 spiro atoms. The van der Waals surface area contributed by atoms with Gasteiger partial charge in [0, 0.05) is 36.0 Å². The number of amides is 3. The normalized spacial score (nSPS) is 19.4. The van der Waals surface area contributed by atoms with Crippen LogP contribution in [0, 0.1) is 12.8 Å². The van der Waals surface area contributed by atoms with E-state index in [1.807, 2.05) is 19.9 Å². The SMILES string of the molecule is CCN(CC(=O)Nc1cc(Cl)ccc1C)C(=O)C[NH+]1CCC(C(N)=O)CC1. The third-order valence-electron chi connectivity index (χ3n) is 5.04. The van der Waals surface area contributed by atoms with Crippen molar-refractivity contribution in [3.05, 3.63) is 28.8 Å². The number of quaternary nitrogens is 1. The molecule has 1 aliphatic rings. The van der Waals surface area contributed by atoms with Crippen LogP contribution in [0.4, 0.5) is 5.69 Å². The zero-order valence-electron chi connectivity index (χ0n) is 15.9. The molecule has 1 aromatic carbocycles. The minimum atomic E-state index is -0.261. The molecule has 0 aromatic heterocycles. The van der Waals surface area contributed by atoms with Crippen molar-refractivity contribution in [2.45, 2.75) is 26.7 Å². The molecular weight excluding hydrogens is 368 g/mol. The van der Waals surface area contributed by atoms with Crippen molar-refractivity contribution in [3.8, 4) is 0 Å². The number of halogens is 1. The van der Waals surface area contributed by atoms with Gasteiger partial charge in [0.05, 0.1) is 13.1 Å². The summed E-state index contributed by atoms with van der Waals surface area (Å²) in [6.45, 7) is 5.99. The van der Waals surface area contributed by atoms with E-state index >= 15 is 0 Å². The van der Waals surface area contributed by atoms with Crippen molar-refractivity contribution < 1.29 is 19.3 Å². The van der Waals surface area contributed by atoms with Gasteiger partial charge < -0.3 is 20.9 Å². The Morgan fingerprint density at radius 2 is 1.96 bits per heavy atom. The standard InChI is InChI=1S/C19H27ClN4O3/c1-3-24(11-17(25)22-16-10-15(20)5-4-13(16)2)18(26)12-23-8-6-14(7-9-23)19(21)27/h4-5,10,14H,3,6-9,11-12H2,1-2H3,(H2,21,27)(H,22,25)/p+1. The zero-order valence-corrected chi connectivity index (χ0v) is 16.6. The lowest BCUT2D eigenvalue weighted by molar-refractivity contribution is -0.898. The van der Waals surface area contributed by atoms with Gasteiger partial charge in [-0.1, -0.05) is 17.7 Å². The molecule has 3 amide bonds. The molecule has 148 valence electrons. The van der Waals surface area contributed by atoms with Gasteiger partial charge in [-0.15, -0.1) is 0 Å². The van der Waals surface area contributed by atoms with Gasteiger partial charge in [-0.05, 0) is 31.5 Å². The first-order valence-corrected chi connectivity index (χ1v) is 9.64. The number of nitrogens with two attached hydrogens (primary N) is 1. The van der Waals surface area contributed by atoms with E-state index in [0.717, 1.165) is 23.6 Å². The summed E-state index contributed by atoms with van der Waals surface area (Å²) in [6, 6.07) is 5.29. The number of rotatable bonds is 7. The van der Waals surface area contributed by atoms with Gasteiger partial charge >= 0.3 is 0 Å². The van der Waals surface area contributed by atoms with E-state index < -0.39 is 0 Å². The summed E-state index contributed by atoms with van der Waals surface area (Å²) < 4.78 is 0. The molecule has 1 saturated heterocycles. The smallest absolute Gasteiger partial charge is 0.278 e. The van der Waals surface area contributed by atoms with Crippen LogP contribution < -0.4 is 16.0 Å². The highest BCUT2D eigenvalue weighted by atomic mass is 35.5. The molecule has 2 rings (SSSR count). The van der Waals surface area contributed by atoms with Crippen LogP contribution in [0.25, 0.3) is 0 Å². The summed E-state index contributed by atoms with van der Waals surface area (Å²) >= 11 is 5.97. The number of hydrogen-bond acceptors (Lipinski definition) is 3. The van der Waals surface area contributed by atoms with Gasteiger partial charge in [-0.2, -0.15) is 0 Å². The Bertz CT molecular complexity index is 702. The minimum Gasteiger partial charge on any atom is -0.369 e. The number of likely N-dealkylation sites (tertiary alicyclic amines) is 1. The zero-order chi connectivity index (χ0) is 20.0. The van der Waals surface area contributed by atoms with Crippen LogP contribution in [0.3, 0.4) is 0 Å². The maximum atomic E-state index is 12.6. The number of benzene rings is 1. The molecule has 0 saturated carbocycles. The molecule has 0 radical (unpaired) electrons. The second-order valence-electron chi connectivity index (χ2n) is 7.02. The Morgan fingerprint density at radius 3 is 2.56 bits per heavy atom. The van der Waals surface area contributed by atoms with Crippen LogP contribution >= 0.6 is 11.6 Å². The van der Waals surface area contributed by atoms with Crippen LogP contribution in [-0.4, -0.2) is 55.3 Å². The second-order valence-corrected chi connectivity index (χ2v) is 7.46. The molecule has 1 aliphatic heterocycles. The highest BCUT2D eigenvalue weighted by Crippen LogP contribution is 2.20. The number of aryl methyl sites for hydroxylation is 1. The molecule has 0 bridgehead atoms. The van der Waals surface area contributed by atoms with Crippen LogP contribution in [0.2, 0.25) is 5.02 Å². The summed E-state index contributed by atoms with van der Waals surface area (Å²) in [5, 5.41) is 3.36. The number of piperidine rings is 1. The predicted molar refractivity (Wildman–Crippen MR) is 105 cm³/mol. The van der Waals surface area contributed by atoms with Crippen molar-refractivity contribution in [2.75, 3.05) is 38.0 Å². The first kappa shape index (κ1) is 21.2. The minimum absolute atomic E-state index is 0.00151. The Kier molecular flexibility index (Phi) is 7.62. The van der Waals surface area contributed by atoms with Crippen LogP contribution in [0.1, 0.15) is 25.3 Å². The van der Waals surface area contributed by atoms with Gasteiger partial charge in [0.1, 0.15) is 6.54 Å². The molecule has 0 unspecified atom stereocenters. The van der Waals surface area contributed by atoms with Crippen LogP contribution in [0.5, 0.6) is 0 Å².